The van der Waals surface area contributed by atoms with E-state index in [4.69, 9.17) is 4.74 Å². The third-order valence-electron chi connectivity index (χ3n) is 7.18. The molecular weight excluding hydrogens is 475 g/mol. The molecule has 0 bridgehead atoms. The van der Waals surface area contributed by atoms with Crippen molar-refractivity contribution in [2.75, 3.05) is 20.3 Å². The second-order valence-electron chi connectivity index (χ2n) is 9.69. The Kier molecular flexibility index (Phi) is 8.50. The maximum atomic E-state index is 15.3. The van der Waals surface area contributed by atoms with Crippen molar-refractivity contribution < 1.29 is 31.4 Å². The fourth-order valence-electron chi connectivity index (χ4n) is 5.13. The van der Waals surface area contributed by atoms with E-state index in [0.29, 0.717) is 35.3 Å². The average Bonchev–Trinajstić information content (AvgIpc) is 2.86. The summed E-state index contributed by atoms with van der Waals surface area (Å²) in [6, 6.07) is 13.5. The van der Waals surface area contributed by atoms with Crippen LogP contribution in [0.3, 0.4) is 0 Å². The molecule has 0 saturated heterocycles. The Balaban J connectivity index is 1.39. The van der Waals surface area contributed by atoms with Crippen LogP contribution in [0.5, 0.6) is 5.75 Å². The fraction of sp³-hybridized carbons (Fsp3) is 0.448. The predicted molar refractivity (Wildman–Crippen MR) is 130 cm³/mol. The average molecular weight is 507 g/mol. The van der Waals surface area contributed by atoms with Crippen molar-refractivity contribution in [1.29, 1.82) is 0 Å². The molecule has 194 valence electrons. The van der Waals surface area contributed by atoms with E-state index in [0.717, 1.165) is 43.2 Å². The molecule has 0 amide bonds. The summed E-state index contributed by atoms with van der Waals surface area (Å²) in [4.78, 5) is 0. The molecule has 1 aliphatic rings. The molecule has 0 aliphatic heterocycles. The van der Waals surface area contributed by atoms with Crippen LogP contribution >= 0.6 is 0 Å². The first-order valence-corrected chi connectivity index (χ1v) is 12.4. The molecule has 0 spiro atoms. The lowest BCUT2D eigenvalue weighted by molar-refractivity contribution is -0.153. The van der Waals surface area contributed by atoms with Gasteiger partial charge in [-0.1, -0.05) is 36.4 Å². The minimum absolute atomic E-state index is 0.284. The Morgan fingerprint density at radius 2 is 1.67 bits per heavy atom. The number of methoxy groups -OCH3 is 1. The van der Waals surface area contributed by atoms with Crippen LogP contribution in [-0.2, 0) is 17.6 Å². The number of hydrogen-bond acceptors (Lipinski definition) is 2. The van der Waals surface area contributed by atoms with Crippen LogP contribution in [0.2, 0.25) is 0 Å². The second kappa shape index (κ2) is 11.6. The van der Waals surface area contributed by atoms with Crippen LogP contribution in [0.1, 0.15) is 54.7 Å². The third kappa shape index (κ3) is 6.75. The Bertz CT molecular complexity index is 1170. The Hall–Kier alpha value is -2.67. The predicted octanol–water partition coefficient (Wildman–Crippen LogP) is 8.15. The normalized spacial score (nSPS) is 18.5. The molecule has 1 fully saturated rings. The Morgan fingerprint density at radius 1 is 0.889 bits per heavy atom. The highest BCUT2D eigenvalue weighted by molar-refractivity contribution is 5.84. The van der Waals surface area contributed by atoms with E-state index in [2.05, 4.69) is 10.8 Å². The van der Waals surface area contributed by atoms with Gasteiger partial charge in [0.25, 0.3) is 0 Å². The number of aryl methyl sites for hydroxylation is 2. The summed E-state index contributed by atoms with van der Waals surface area (Å²) >= 11 is 0. The zero-order chi connectivity index (χ0) is 25.7. The summed E-state index contributed by atoms with van der Waals surface area (Å²) in [5, 5.41) is 1.43. The van der Waals surface area contributed by atoms with Crippen LogP contribution in [0, 0.1) is 17.6 Å². The molecule has 3 aromatic carbocycles. The SMILES string of the molecule is COCCC1CCC(c2ccc3c(F)c(CCc4ccc(OCC(F)(F)F)c(F)c4)ccc3c2)CC1. The van der Waals surface area contributed by atoms with Crippen molar-refractivity contribution in [2.24, 2.45) is 5.92 Å². The first-order chi connectivity index (χ1) is 17.2. The van der Waals surface area contributed by atoms with E-state index >= 15 is 4.39 Å². The summed E-state index contributed by atoms with van der Waals surface area (Å²) in [6.07, 6.45) is 1.92. The van der Waals surface area contributed by atoms with E-state index in [1.54, 1.807) is 13.2 Å². The van der Waals surface area contributed by atoms with Crippen LogP contribution in [0.15, 0.2) is 48.5 Å². The molecular formula is C29H31F5O2. The summed E-state index contributed by atoms with van der Waals surface area (Å²) in [5.74, 6) is -0.385. The number of alkyl halides is 3. The number of halogens is 5. The van der Waals surface area contributed by atoms with E-state index in [9.17, 15) is 17.6 Å². The molecule has 1 saturated carbocycles. The third-order valence-corrected chi connectivity index (χ3v) is 7.18. The van der Waals surface area contributed by atoms with Gasteiger partial charge in [-0.15, -0.1) is 0 Å². The second-order valence-corrected chi connectivity index (χ2v) is 9.69. The molecule has 4 rings (SSSR count). The van der Waals surface area contributed by atoms with E-state index in [1.165, 1.54) is 30.5 Å². The maximum absolute atomic E-state index is 15.3. The van der Waals surface area contributed by atoms with E-state index < -0.39 is 24.3 Å². The summed E-state index contributed by atoms with van der Waals surface area (Å²) in [5.41, 5.74) is 2.33. The highest BCUT2D eigenvalue weighted by atomic mass is 19.4. The smallest absolute Gasteiger partial charge is 0.422 e. The van der Waals surface area contributed by atoms with Crippen LogP contribution in [0.4, 0.5) is 22.0 Å². The van der Waals surface area contributed by atoms with Gasteiger partial charge in [0.05, 0.1) is 0 Å². The molecule has 3 aromatic rings. The maximum Gasteiger partial charge on any atom is 0.422 e. The van der Waals surface area contributed by atoms with Gasteiger partial charge in [-0.2, -0.15) is 13.2 Å². The van der Waals surface area contributed by atoms with E-state index in [-0.39, 0.29) is 5.82 Å². The van der Waals surface area contributed by atoms with Gasteiger partial charge in [0, 0.05) is 19.1 Å². The molecule has 0 atom stereocenters. The van der Waals surface area contributed by atoms with Crippen molar-refractivity contribution in [1.82, 2.24) is 0 Å². The quantitative estimate of drug-likeness (QED) is 0.273. The van der Waals surface area contributed by atoms with Gasteiger partial charge in [0.2, 0.25) is 0 Å². The first kappa shape index (κ1) is 26.4. The zero-order valence-corrected chi connectivity index (χ0v) is 20.3. The first-order valence-electron chi connectivity index (χ1n) is 12.4. The fourth-order valence-corrected chi connectivity index (χ4v) is 5.13. The molecule has 1 aliphatic carbocycles. The topological polar surface area (TPSA) is 18.5 Å². The van der Waals surface area contributed by atoms with Crippen molar-refractivity contribution in [2.45, 2.75) is 57.0 Å². The lowest BCUT2D eigenvalue weighted by Gasteiger charge is -2.29. The summed E-state index contributed by atoms with van der Waals surface area (Å²) in [6.45, 7) is -0.744. The zero-order valence-electron chi connectivity index (χ0n) is 20.3. The number of fused-ring (bicyclic) bond motifs is 1. The monoisotopic (exact) mass is 506 g/mol. The lowest BCUT2D eigenvalue weighted by atomic mass is 9.77. The van der Waals surface area contributed by atoms with Gasteiger partial charge in [-0.05, 0) is 91.0 Å². The molecule has 2 nitrogen and oxygen atoms in total. The molecule has 0 radical (unpaired) electrons. The summed E-state index contributed by atoms with van der Waals surface area (Å²) < 4.78 is 76.0. The van der Waals surface area contributed by atoms with Crippen LogP contribution < -0.4 is 4.74 Å². The highest BCUT2D eigenvalue weighted by Crippen LogP contribution is 2.38. The van der Waals surface area contributed by atoms with Crippen LogP contribution in [-0.4, -0.2) is 26.5 Å². The van der Waals surface area contributed by atoms with Crippen molar-refractivity contribution in [3.8, 4) is 5.75 Å². The molecule has 0 heterocycles. The number of hydrogen-bond donors (Lipinski definition) is 0. The van der Waals surface area contributed by atoms with Gasteiger partial charge < -0.3 is 9.47 Å². The van der Waals surface area contributed by atoms with Crippen molar-refractivity contribution in [3.05, 3.63) is 76.9 Å². The molecule has 0 aromatic heterocycles. The number of ether oxygens (including phenoxy) is 2. The standard InChI is InChI=1S/C29H31F5O2/c1-35-15-14-19-2-6-21(7-3-19)23-11-12-25-24(17-23)10-9-22(28(25)31)8-4-20-5-13-27(26(30)16-20)36-18-29(32,33)34/h5,9-13,16-17,19,21H,2-4,6-8,14-15,18H2,1H3. The highest BCUT2D eigenvalue weighted by Gasteiger charge is 2.29. The van der Waals surface area contributed by atoms with Crippen molar-refractivity contribution >= 4 is 10.8 Å². The molecule has 36 heavy (non-hydrogen) atoms. The largest absolute Gasteiger partial charge is 0.481 e. The minimum Gasteiger partial charge on any atom is -0.481 e. The van der Waals surface area contributed by atoms with Crippen molar-refractivity contribution in [3.63, 3.8) is 0 Å². The van der Waals surface area contributed by atoms with Gasteiger partial charge in [-0.25, -0.2) is 8.78 Å². The van der Waals surface area contributed by atoms with Gasteiger partial charge in [0.1, 0.15) is 5.82 Å². The Labute approximate surface area is 208 Å². The Morgan fingerprint density at radius 3 is 2.36 bits per heavy atom. The number of rotatable bonds is 9. The van der Waals surface area contributed by atoms with Crippen LogP contribution in [0.25, 0.3) is 10.8 Å². The van der Waals surface area contributed by atoms with Gasteiger partial charge in [0.15, 0.2) is 18.2 Å². The lowest BCUT2D eigenvalue weighted by Crippen LogP contribution is -2.19. The molecule has 7 heteroatoms. The van der Waals surface area contributed by atoms with Gasteiger partial charge in [-0.3, -0.25) is 0 Å². The van der Waals surface area contributed by atoms with Gasteiger partial charge >= 0.3 is 6.18 Å². The molecule has 0 N–H and O–H groups in total. The summed E-state index contributed by atoms with van der Waals surface area (Å²) in [7, 11) is 1.74. The number of benzene rings is 3. The minimum atomic E-state index is -4.54. The van der Waals surface area contributed by atoms with E-state index in [1.807, 2.05) is 18.2 Å². The molecule has 0 unspecified atom stereocenters.